The van der Waals surface area contributed by atoms with E-state index in [1.54, 1.807) is 7.11 Å². The third-order valence-electron chi connectivity index (χ3n) is 6.05. The molecular weight excluding hydrogens is 314 g/mol. The van der Waals surface area contributed by atoms with Crippen LogP contribution in [0.25, 0.3) is 0 Å². The Hall–Kier alpha value is -1.36. The average molecular weight is 348 g/mol. The molecule has 2 aliphatic rings. The molecule has 0 atom stereocenters. The van der Waals surface area contributed by atoms with Crippen molar-refractivity contribution in [3.63, 3.8) is 0 Å². The van der Waals surface area contributed by atoms with Crippen molar-refractivity contribution < 1.29 is 9.53 Å². The van der Waals surface area contributed by atoms with Gasteiger partial charge < -0.3 is 14.2 Å². The molecule has 0 spiro atoms. The summed E-state index contributed by atoms with van der Waals surface area (Å²) >= 11 is 0. The Balaban J connectivity index is 1.45. The van der Waals surface area contributed by atoms with Crippen LogP contribution in [0.5, 0.6) is 0 Å². The number of piperidine rings is 1. The number of hydrogen-bond acceptors (Lipinski definition) is 3. The van der Waals surface area contributed by atoms with Crippen LogP contribution in [0.2, 0.25) is 0 Å². The second kappa shape index (κ2) is 8.84. The second-order valence-corrected chi connectivity index (χ2v) is 7.79. The van der Waals surface area contributed by atoms with Gasteiger partial charge in [-0.25, -0.2) is 4.98 Å². The number of methoxy groups -OCH3 is 1. The SMILES string of the molecule is COCc1ncc(C)n1CCC1CCN(C(=O)C2CCCCC2)CC1. The molecular formula is C20H33N3O2. The number of carbonyl (C=O) groups is 1. The van der Waals surface area contributed by atoms with Crippen LogP contribution in [0, 0.1) is 18.8 Å². The quantitative estimate of drug-likeness (QED) is 0.791. The lowest BCUT2D eigenvalue weighted by molar-refractivity contribution is -0.138. The summed E-state index contributed by atoms with van der Waals surface area (Å²) in [5, 5.41) is 0. The summed E-state index contributed by atoms with van der Waals surface area (Å²) in [5.74, 6) is 2.49. The zero-order valence-electron chi connectivity index (χ0n) is 15.9. The molecule has 1 amide bonds. The first-order valence-corrected chi connectivity index (χ1v) is 9.97. The van der Waals surface area contributed by atoms with Crippen molar-refractivity contribution in [3.05, 3.63) is 17.7 Å². The van der Waals surface area contributed by atoms with Gasteiger partial charge in [0.05, 0.1) is 0 Å². The number of nitrogens with zero attached hydrogens (tertiary/aromatic N) is 3. The number of aryl methyl sites for hydroxylation is 1. The fraction of sp³-hybridized carbons (Fsp3) is 0.800. The molecule has 5 nitrogen and oxygen atoms in total. The van der Waals surface area contributed by atoms with E-state index in [9.17, 15) is 4.79 Å². The third kappa shape index (κ3) is 4.63. The minimum Gasteiger partial charge on any atom is -0.377 e. The second-order valence-electron chi connectivity index (χ2n) is 7.79. The van der Waals surface area contributed by atoms with Crippen LogP contribution in [0.4, 0.5) is 0 Å². The largest absolute Gasteiger partial charge is 0.377 e. The Morgan fingerprint density at radius 1 is 1.20 bits per heavy atom. The molecule has 1 aromatic heterocycles. The molecule has 5 heteroatoms. The number of imidazole rings is 1. The van der Waals surface area contributed by atoms with E-state index in [0.29, 0.717) is 24.3 Å². The molecule has 0 radical (unpaired) electrons. The number of carbonyl (C=O) groups excluding carboxylic acids is 1. The number of hydrogen-bond donors (Lipinski definition) is 0. The fourth-order valence-corrected chi connectivity index (χ4v) is 4.42. The van der Waals surface area contributed by atoms with E-state index >= 15 is 0 Å². The molecule has 1 aromatic rings. The molecule has 140 valence electrons. The van der Waals surface area contributed by atoms with E-state index in [2.05, 4.69) is 21.4 Å². The van der Waals surface area contributed by atoms with Gasteiger partial charge in [0.25, 0.3) is 0 Å². The normalized spacial score (nSPS) is 20.2. The third-order valence-corrected chi connectivity index (χ3v) is 6.05. The van der Waals surface area contributed by atoms with Gasteiger partial charge >= 0.3 is 0 Å². The number of ether oxygens (including phenoxy) is 1. The fourth-order valence-electron chi connectivity index (χ4n) is 4.42. The van der Waals surface area contributed by atoms with E-state index in [0.717, 1.165) is 51.1 Å². The number of aromatic nitrogens is 2. The van der Waals surface area contributed by atoms with E-state index < -0.39 is 0 Å². The van der Waals surface area contributed by atoms with E-state index in [-0.39, 0.29) is 0 Å². The van der Waals surface area contributed by atoms with Crippen molar-refractivity contribution in [2.75, 3.05) is 20.2 Å². The predicted molar refractivity (Wildman–Crippen MR) is 98.2 cm³/mol. The molecule has 1 saturated carbocycles. The average Bonchev–Trinajstić information content (AvgIpc) is 3.00. The molecule has 3 rings (SSSR count). The van der Waals surface area contributed by atoms with Gasteiger partial charge in [0.2, 0.25) is 5.91 Å². The highest BCUT2D eigenvalue weighted by Gasteiger charge is 2.29. The summed E-state index contributed by atoms with van der Waals surface area (Å²) in [6.45, 7) is 5.59. The lowest BCUT2D eigenvalue weighted by Gasteiger charge is -2.35. The summed E-state index contributed by atoms with van der Waals surface area (Å²) < 4.78 is 7.53. The number of rotatable bonds is 6. The van der Waals surface area contributed by atoms with Crippen molar-refractivity contribution >= 4 is 5.91 Å². The highest BCUT2D eigenvalue weighted by atomic mass is 16.5. The summed E-state index contributed by atoms with van der Waals surface area (Å²) in [5.41, 5.74) is 1.21. The number of amides is 1. The highest BCUT2D eigenvalue weighted by molar-refractivity contribution is 5.79. The van der Waals surface area contributed by atoms with Gasteiger partial charge in [-0.2, -0.15) is 0 Å². The summed E-state index contributed by atoms with van der Waals surface area (Å²) in [7, 11) is 1.72. The smallest absolute Gasteiger partial charge is 0.225 e. The molecule has 2 fully saturated rings. The molecule has 0 bridgehead atoms. The van der Waals surface area contributed by atoms with Crippen molar-refractivity contribution in [1.82, 2.24) is 14.5 Å². The zero-order valence-corrected chi connectivity index (χ0v) is 15.9. The minimum atomic E-state index is 0.315. The maximum Gasteiger partial charge on any atom is 0.225 e. The summed E-state index contributed by atoms with van der Waals surface area (Å²) in [6, 6.07) is 0. The van der Waals surface area contributed by atoms with Crippen molar-refractivity contribution in [1.29, 1.82) is 0 Å². The molecule has 2 heterocycles. The topological polar surface area (TPSA) is 47.4 Å². The molecule has 0 aromatic carbocycles. The monoisotopic (exact) mass is 347 g/mol. The Morgan fingerprint density at radius 3 is 2.60 bits per heavy atom. The van der Waals surface area contributed by atoms with Crippen molar-refractivity contribution in [3.8, 4) is 0 Å². The van der Waals surface area contributed by atoms with Crippen LogP contribution in [0.3, 0.4) is 0 Å². The van der Waals surface area contributed by atoms with Crippen LogP contribution >= 0.6 is 0 Å². The Kier molecular flexibility index (Phi) is 6.51. The van der Waals surface area contributed by atoms with Crippen molar-refractivity contribution in [2.45, 2.75) is 71.4 Å². The molecule has 1 aliphatic heterocycles. The van der Waals surface area contributed by atoms with Gasteiger partial charge in [0.1, 0.15) is 12.4 Å². The first-order valence-electron chi connectivity index (χ1n) is 9.97. The first kappa shape index (κ1) is 18.4. The zero-order chi connectivity index (χ0) is 17.6. The van der Waals surface area contributed by atoms with Gasteiger partial charge in [-0.1, -0.05) is 19.3 Å². The van der Waals surface area contributed by atoms with Gasteiger partial charge in [-0.15, -0.1) is 0 Å². The summed E-state index contributed by atoms with van der Waals surface area (Å²) in [4.78, 5) is 19.3. The Morgan fingerprint density at radius 2 is 1.92 bits per heavy atom. The van der Waals surface area contributed by atoms with Crippen LogP contribution < -0.4 is 0 Å². The molecule has 25 heavy (non-hydrogen) atoms. The summed E-state index contributed by atoms with van der Waals surface area (Å²) in [6.07, 6.45) is 11.4. The van der Waals surface area contributed by atoms with Crippen LogP contribution in [0.1, 0.15) is 62.9 Å². The van der Waals surface area contributed by atoms with Gasteiger partial charge in [-0.3, -0.25) is 4.79 Å². The number of likely N-dealkylation sites (tertiary alicyclic amines) is 1. The van der Waals surface area contributed by atoms with E-state index in [1.807, 2.05) is 6.20 Å². The standard InChI is InChI=1S/C20H33N3O2/c1-16-14-21-19(15-25-2)23(16)13-10-17-8-11-22(12-9-17)20(24)18-6-4-3-5-7-18/h14,17-18H,3-13,15H2,1-2H3. The predicted octanol–water partition coefficient (Wildman–Crippen LogP) is 3.55. The van der Waals surface area contributed by atoms with Crippen LogP contribution in [-0.2, 0) is 22.7 Å². The Bertz CT molecular complexity index is 555. The van der Waals surface area contributed by atoms with Crippen LogP contribution in [-0.4, -0.2) is 40.6 Å². The van der Waals surface area contributed by atoms with E-state index in [1.165, 1.54) is 31.4 Å². The maximum atomic E-state index is 12.7. The Labute approximate surface area is 151 Å². The molecule has 0 unspecified atom stereocenters. The molecule has 1 saturated heterocycles. The maximum absolute atomic E-state index is 12.7. The lowest BCUT2D eigenvalue weighted by atomic mass is 9.87. The van der Waals surface area contributed by atoms with E-state index in [4.69, 9.17) is 4.74 Å². The lowest BCUT2D eigenvalue weighted by Crippen LogP contribution is -2.42. The highest BCUT2D eigenvalue weighted by Crippen LogP contribution is 2.28. The van der Waals surface area contributed by atoms with Crippen molar-refractivity contribution in [2.24, 2.45) is 11.8 Å². The minimum absolute atomic E-state index is 0.315. The van der Waals surface area contributed by atoms with Gasteiger partial charge in [-0.05, 0) is 44.9 Å². The van der Waals surface area contributed by atoms with Gasteiger partial charge in [0, 0.05) is 44.6 Å². The molecule has 1 aliphatic carbocycles. The molecule has 0 N–H and O–H groups in total. The van der Waals surface area contributed by atoms with Gasteiger partial charge in [0.15, 0.2) is 0 Å². The van der Waals surface area contributed by atoms with Crippen LogP contribution in [0.15, 0.2) is 6.20 Å². The first-order chi connectivity index (χ1) is 12.2.